The lowest BCUT2D eigenvalue weighted by atomic mass is 10.1. The molecule has 160 valence electrons. The lowest BCUT2D eigenvalue weighted by molar-refractivity contribution is -0.129. The third-order valence-electron chi connectivity index (χ3n) is 5.66. The van der Waals surface area contributed by atoms with Crippen molar-refractivity contribution in [2.45, 2.75) is 26.3 Å². The monoisotopic (exact) mass is 420 g/mol. The Morgan fingerprint density at radius 3 is 2.71 bits per heavy atom. The molecule has 0 spiro atoms. The van der Waals surface area contributed by atoms with E-state index in [0.29, 0.717) is 30.2 Å². The van der Waals surface area contributed by atoms with Crippen molar-refractivity contribution in [3.63, 3.8) is 0 Å². The van der Waals surface area contributed by atoms with E-state index in [-0.39, 0.29) is 36.5 Å². The van der Waals surface area contributed by atoms with Gasteiger partial charge < -0.3 is 14.8 Å². The number of imidazole rings is 1. The second-order valence-electron chi connectivity index (χ2n) is 7.82. The minimum Gasteiger partial charge on any atom is -0.352 e. The van der Waals surface area contributed by atoms with Crippen LogP contribution in [-0.2, 0) is 22.6 Å². The summed E-state index contributed by atoms with van der Waals surface area (Å²) in [4.78, 5) is 30.7. The predicted molar refractivity (Wildman–Crippen MR) is 115 cm³/mol. The Hall–Kier alpha value is -3.48. The zero-order valence-corrected chi connectivity index (χ0v) is 17.4. The Kier molecular flexibility index (Phi) is 6.11. The van der Waals surface area contributed by atoms with Crippen molar-refractivity contribution in [2.24, 2.45) is 5.92 Å². The number of nitrogens with one attached hydrogen (secondary N) is 1. The normalized spacial score (nSPS) is 16.0. The summed E-state index contributed by atoms with van der Waals surface area (Å²) in [6, 6.07) is 14.9. The van der Waals surface area contributed by atoms with Gasteiger partial charge in [-0.1, -0.05) is 36.4 Å². The van der Waals surface area contributed by atoms with E-state index in [4.69, 9.17) is 0 Å². The van der Waals surface area contributed by atoms with Gasteiger partial charge in [-0.15, -0.1) is 0 Å². The second-order valence-corrected chi connectivity index (χ2v) is 7.82. The van der Waals surface area contributed by atoms with Crippen LogP contribution in [0.5, 0.6) is 0 Å². The number of benzene rings is 2. The van der Waals surface area contributed by atoms with Gasteiger partial charge in [-0.2, -0.15) is 0 Å². The fourth-order valence-electron chi connectivity index (χ4n) is 3.89. The highest BCUT2D eigenvalue weighted by Gasteiger charge is 2.33. The molecule has 0 saturated carbocycles. The number of hydrogen-bond acceptors (Lipinski definition) is 3. The minimum atomic E-state index is -0.379. The number of aromatic nitrogens is 2. The molecular formula is C24H25FN4O2. The third-order valence-corrected chi connectivity index (χ3v) is 5.66. The van der Waals surface area contributed by atoms with Gasteiger partial charge in [0.05, 0.1) is 11.6 Å². The lowest BCUT2D eigenvalue weighted by Crippen LogP contribution is -2.33. The molecule has 6 nitrogen and oxygen atoms in total. The molecule has 0 aliphatic carbocycles. The average molecular weight is 420 g/mol. The second kappa shape index (κ2) is 9.12. The highest BCUT2D eigenvalue weighted by atomic mass is 19.1. The predicted octanol–water partition coefficient (Wildman–Crippen LogP) is 3.03. The average Bonchev–Trinajstić information content (AvgIpc) is 3.36. The van der Waals surface area contributed by atoms with Crippen LogP contribution in [-0.4, -0.2) is 39.4 Å². The van der Waals surface area contributed by atoms with Crippen molar-refractivity contribution in [3.05, 3.63) is 83.7 Å². The van der Waals surface area contributed by atoms with E-state index in [0.717, 1.165) is 6.42 Å². The van der Waals surface area contributed by atoms with Crippen LogP contribution in [0.1, 0.15) is 23.4 Å². The smallest absolute Gasteiger partial charge is 0.225 e. The Balaban J connectivity index is 1.30. The van der Waals surface area contributed by atoms with Gasteiger partial charge >= 0.3 is 0 Å². The molecule has 1 aliphatic rings. The third kappa shape index (κ3) is 4.82. The van der Waals surface area contributed by atoms with Gasteiger partial charge in [0.2, 0.25) is 11.8 Å². The molecule has 7 heteroatoms. The summed E-state index contributed by atoms with van der Waals surface area (Å²) in [7, 11) is 0. The maximum Gasteiger partial charge on any atom is 0.225 e. The van der Waals surface area contributed by atoms with Crippen molar-refractivity contribution in [2.75, 3.05) is 13.1 Å². The molecule has 1 unspecified atom stereocenters. The summed E-state index contributed by atoms with van der Waals surface area (Å²) >= 11 is 0. The SMILES string of the molecule is Cc1nccn1-c1ccc(CNC(=O)C2CC(=O)N(CCc3ccccc3)C2)cc1F. The molecule has 1 atom stereocenters. The number of hydrogen-bond donors (Lipinski definition) is 1. The van der Waals surface area contributed by atoms with E-state index < -0.39 is 0 Å². The summed E-state index contributed by atoms with van der Waals surface area (Å²) < 4.78 is 16.2. The molecule has 1 aliphatic heterocycles. The van der Waals surface area contributed by atoms with Crippen LogP contribution in [0.15, 0.2) is 60.9 Å². The maximum atomic E-state index is 14.5. The van der Waals surface area contributed by atoms with Crippen molar-refractivity contribution >= 4 is 11.8 Å². The molecule has 1 saturated heterocycles. The minimum absolute atomic E-state index is 0.00202. The lowest BCUT2D eigenvalue weighted by Gasteiger charge is -2.16. The summed E-state index contributed by atoms with van der Waals surface area (Å²) in [5.74, 6) is -0.229. The fraction of sp³-hybridized carbons (Fsp3) is 0.292. The van der Waals surface area contributed by atoms with Crippen LogP contribution in [0.3, 0.4) is 0 Å². The topological polar surface area (TPSA) is 67.2 Å². The Morgan fingerprint density at radius 1 is 1.19 bits per heavy atom. The molecule has 2 amide bonds. The molecule has 0 radical (unpaired) electrons. The van der Waals surface area contributed by atoms with Crippen molar-refractivity contribution in [3.8, 4) is 5.69 Å². The fourth-order valence-corrected chi connectivity index (χ4v) is 3.89. The van der Waals surface area contributed by atoms with Crippen LogP contribution in [0.2, 0.25) is 0 Å². The Labute approximate surface area is 180 Å². The molecular weight excluding hydrogens is 395 g/mol. The van der Waals surface area contributed by atoms with Gasteiger partial charge in [0.25, 0.3) is 0 Å². The summed E-state index contributed by atoms with van der Waals surface area (Å²) in [5.41, 5.74) is 2.25. The van der Waals surface area contributed by atoms with E-state index in [1.165, 1.54) is 11.6 Å². The van der Waals surface area contributed by atoms with Gasteiger partial charge in [-0.3, -0.25) is 9.59 Å². The summed E-state index contributed by atoms with van der Waals surface area (Å²) in [5, 5.41) is 2.84. The molecule has 31 heavy (non-hydrogen) atoms. The molecule has 3 aromatic rings. The van der Waals surface area contributed by atoms with Gasteiger partial charge in [0, 0.05) is 38.4 Å². The van der Waals surface area contributed by atoms with E-state index in [9.17, 15) is 14.0 Å². The number of halogens is 1. The molecule has 2 heterocycles. The molecule has 1 fully saturated rings. The number of carbonyl (C=O) groups excluding carboxylic acids is 2. The Bertz CT molecular complexity index is 1080. The maximum absolute atomic E-state index is 14.5. The van der Waals surface area contributed by atoms with Crippen molar-refractivity contribution in [1.29, 1.82) is 0 Å². The number of rotatable bonds is 7. The van der Waals surface area contributed by atoms with E-state index in [2.05, 4.69) is 10.3 Å². The first-order valence-electron chi connectivity index (χ1n) is 10.4. The van der Waals surface area contributed by atoms with Gasteiger partial charge in [0.15, 0.2) is 0 Å². The van der Waals surface area contributed by atoms with Crippen LogP contribution < -0.4 is 5.32 Å². The van der Waals surface area contributed by atoms with Crippen LogP contribution >= 0.6 is 0 Å². The molecule has 0 bridgehead atoms. The first-order valence-corrected chi connectivity index (χ1v) is 10.4. The molecule has 1 aromatic heterocycles. The summed E-state index contributed by atoms with van der Waals surface area (Å²) in [6.45, 7) is 3.05. The largest absolute Gasteiger partial charge is 0.352 e. The number of aryl methyl sites for hydroxylation is 1. The highest BCUT2D eigenvalue weighted by molar-refractivity contribution is 5.89. The van der Waals surface area contributed by atoms with E-state index in [1.54, 1.807) is 40.9 Å². The number of likely N-dealkylation sites (tertiary alicyclic amines) is 1. The highest BCUT2D eigenvalue weighted by Crippen LogP contribution is 2.20. The van der Waals surface area contributed by atoms with Gasteiger partial charge in [-0.25, -0.2) is 9.37 Å². The molecule has 2 aromatic carbocycles. The van der Waals surface area contributed by atoms with E-state index in [1.807, 2.05) is 30.3 Å². The van der Waals surface area contributed by atoms with Crippen molar-refractivity contribution < 1.29 is 14.0 Å². The molecule has 1 N–H and O–H groups in total. The van der Waals surface area contributed by atoms with E-state index >= 15 is 0 Å². The standard InChI is InChI=1S/C24H25FN4O2/c1-17-26-10-12-29(17)22-8-7-19(13-21(22)25)15-27-24(31)20-14-23(30)28(16-20)11-9-18-5-3-2-4-6-18/h2-8,10,12-13,20H,9,11,14-16H2,1H3,(H,27,31). The van der Waals surface area contributed by atoms with Crippen LogP contribution in [0.25, 0.3) is 5.69 Å². The number of carbonyl (C=O) groups is 2. The van der Waals surface area contributed by atoms with Crippen LogP contribution in [0.4, 0.5) is 4.39 Å². The zero-order valence-electron chi connectivity index (χ0n) is 17.4. The van der Waals surface area contributed by atoms with Crippen LogP contribution in [0, 0.1) is 18.7 Å². The summed E-state index contributed by atoms with van der Waals surface area (Å²) in [6.07, 6.45) is 4.31. The first-order chi connectivity index (χ1) is 15.0. The number of nitrogens with zero attached hydrogens (tertiary/aromatic N) is 3. The molecule has 4 rings (SSSR count). The van der Waals surface area contributed by atoms with Gasteiger partial charge in [-0.05, 0) is 36.6 Å². The number of amides is 2. The first kappa shape index (κ1) is 20.8. The zero-order chi connectivity index (χ0) is 21.8. The van der Waals surface area contributed by atoms with Gasteiger partial charge in [0.1, 0.15) is 11.6 Å². The Morgan fingerprint density at radius 2 is 2.00 bits per heavy atom. The van der Waals surface area contributed by atoms with Crippen molar-refractivity contribution in [1.82, 2.24) is 19.8 Å². The quantitative estimate of drug-likeness (QED) is 0.639.